The van der Waals surface area contributed by atoms with Crippen LogP contribution in [0.3, 0.4) is 0 Å². The van der Waals surface area contributed by atoms with Crippen LogP contribution in [-0.2, 0) is 0 Å². The molecule has 0 bridgehead atoms. The predicted molar refractivity (Wildman–Crippen MR) is 54.7 cm³/mol. The summed E-state index contributed by atoms with van der Waals surface area (Å²) in [6, 6.07) is 0.433. The average molecular weight is 251 g/mol. The lowest BCUT2D eigenvalue weighted by atomic mass is 10.2. The van der Waals surface area contributed by atoms with Gasteiger partial charge in [-0.3, -0.25) is 0 Å². The van der Waals surface area contributed by atoms with E-state index in [2.05, 4.69) is 10.2 Å². The molecular formula is C8H6ClF3N4. The van der Waals surface area contributed by atoms with Crippen molar-refractivity contribution in [3.05, 3.63) is 34.1 Å². The van der Waals surface area contributed by atoms with Crippen molar-refractivity contribution >= 4 is 23.8 Å². The van der Waals surface area contributed by atoms with Gasteiger partial charge in [0.1, 0.15) is 16.7 Å². The van der Waals surface area contributed by atoms with Gasteiger partial charge in [-0.1, -0.05) is 11.6 Å². The Balaban J connectivity index is 3.20. The van der Waals surface area contributed by atoms with Crippen molar-refractivity contribution in [2.45, 2.75) is 0 Å². The Kier molecular flexibility index (Phi) is 3.73. The van der Waals surface area contributed by atoms with E-state index in [0.717, 1.165) is 0 Å². The number of benzene rings is 1. The van der Waals surface area contributed by atoms with E-state index >= 15 is 0 Å². The Hall–Kier alpha value is -1.76. The molecule has 0 radical (unpaired) electrons. The summed E-state index contributed by atoms with van der Waals surface area (Å²) in [6.07, 6.45) is 0.690. The van der Waals surface area contributed by atoms with E-state index in [1.807, 2.05) is 0 Å². The van der Waals surface area contributed by atoms with Gasteiger partial charge in [-0.2, -0.15) is 5.10 Å². The third-order valence-electron chi connectivity index (χ3n) is 1.51. The summed E-state index contributed by atoms with van der Waals surface area (Å²) in [4.78, 5) is 0. The van der Waals surface area contributed by atoms with Crippen LogP contribution in [0.5, 0.6) is 0 Å². The van der Waals surface area contributed by atoms with Gasteiger partial charge in [0.2, 0.25) is 5.96 Å². The molecule has 86 valence electrons. The summed E-state index contributed by atoms with van der Waals surface area (Å²) in [5.74, 6) is -4.01. The minimum atomic E-state index is -1.27. The topological polar surface area (TPSA) is 76.8 Å². The third-order valence-corrected chi connectivity index (χ3v) is 1.86. The van der Waals surface area contributed by atoms with Crippen LogP contribution < -0.4 is 11.5 Å². The Bertz CT molecular complexity index is 469. The van der Waals surface area contributed by atoms with Crippen LogP contribution in [0.25, 0.3) is 0 Å². The summed E-state index contributed by atoms with van der Waals surface area (Å²) in [5.41, 5.74) is 9.23. The van der Waals surface area contributed by atoms with Crippen LogP contribution in [0.2, 0.25) is 5.02 Å². The monoisotopic (exact) mass is 250 g/mol. The highest BCUT2D eigenvalue weighted by molar-refractivity contribution is 6.31. The molecule has 0 aliphatic carbocycles. The molecule has 0 saturated heterocycles. The number of nitrogens with two attached hydrogens (primary N) is 2. The fourth-order valence-corrected chi connectivity index (χ4v) is 1.01. The zero-order valence-corrected chi connectivity index (χ0v) is 8.47. The van der Waals surface area contributed by atoms with E-state index in [-0.39, 0.29) is 5.96 Å². The minimum Gasteiger partial charge on any atom is -0.369 e. The van der Waals surface area contributed by atoms with Gasteiger partial charge in [-0.15, -0.1) is 5.10 Å². The van der Waals surface area contributed by atoms with E-state index in [0.29, 0.717) is 12.3 Å². The summed E-state index contributed by atoms with van der Waals surface area (Å²) in [7, 11) is 0. The average Bonchev–Trinajstić information content (AvgIpc) is 2.19. The number of halogens is 4. The van der Waals surface area contributed by atoms with Crippen molar-refractivity contribution in [1.82, 2.24) is 0 Å². The lowest BCUT2D eigenvalue weighted by Gasteiger charge is -2.01. The normalized spacial score (nSPS) is 10.8. The lowest BCUT2D eigenvalue weighted by molar-refractivity contribution is 0.541. The Morgan fingerprint density at radius 3 is 2.44 bits per heavy atom. The first kappa shape index (κ1) is 12.3. The summed E-state index contributed by atoms with van der Waals surface area (Å²) >= 11 is 5.23. The van der Waals surface area contributed by atoms with Crippen molar-refractivity contribution in [3.8, 4) is 0 Å². The van der Waals surface area contributed by atoms with E-state index in [4.69, 9.17) is 23.1 Å². The largest absolute Gasteiger partial charge is 0.369 e. The highest BCUT2D eigenvalue weighted by atomic mass is 35.5. The molecule has 0 fully saturated rings. The molecule has 1 rings (SSSR count). The zero-order valence-electron chi connectivity index (χ0n) is 7.72. The molecule has 0 amide bonds. The maximum Gasteiger partial charge on any atom is 0.211 e. The van der Waals surface area contributed by atoms with Crippen LogP contribution in [-0.4, -0.2) is 12.2 Å². The second-order valence-corrected chi connectivity index (χ2v) is 3.03. The van der Waals surface area contributed by atoms with Gasteiger partial charge in [-0.25, -0.2) is 13.2 Å². The number of hydrogen-bond acceptors (Lipinski definition) is 2. The molecule has 4 N–H and O–H groups in total. The zero-order chi connectivity index (χ0) is 12.3. The molecule has 1 aromatic rings. The standard InChI is InChI=1S/C8H6ClF3N4/c9-6-5(11)1-4(10)3(7(6)12)2-15-16-8(13)14/h1-2H,(H4,13,14,16). The minimum absolute atomic E-state index is 0.384. The molecule has 0 aliphatic rings. The molecule has 16 heavy (non-hydrogen) atoms. The van der Waals surface area contributed by atoms with Gasteiger partial charge in [-0.05, 0) is 0 Å². The van der Waals surface area contributed by atoms with Gasteiger partial charge < -0.3 is 11.5 Å². The van der Waals surface area contributed by atoms with Gasteiger partial charge in [0.25, 0.3) is 0 Å². The highest BCUT2D eigenvalue weighted by Crippen LogP contribution is 2.23. The second kappa shape index (κ2) is 4.84. The molecule has 0 saturated carbocycles. The van der Waals surface area contributed by atoms with Gasteiger partial charge >= 0.3 is 0 Å². The fraction of sp³-hybridized carbons (Fsp3) is 0. The first-order chi connectivity index (χ1) is 7.43. The van der Waals surface area contributed by atoms with Crippen LogP contribution in [0.15, 0.2) is 16.3 Å². The lowest BCUT2D eigenvalue weighted by Crippen LogP contribution is -2.21. The molecule has 0 heterocycles. The summed E-state index contributed by atoms with van der Waals surface area (Å²) < 4.78 is 39.1. The molecular weight excluding hydrogens is 245 g/mol. The molecule has 0 aromatic heterocycles. The highest BCUT2D eigenvalue weighted by Gasteiger charge is 2.15. The van der Waals surface area contributed by atoms with Crippen LogP contribution in [0.4, 0.5) is 13.2 Å². The van der Waals surface area contributed by atoms with E-state index < -0.39 is 28.0 Å². The van der Waals surface area contributed by atoms with Crippen molar-refractivity contribution in [1.29, 1.82) is 0 Å². The summed E-state index contributed by atoms with van der Waals surface area (Å²) in [5, 5.41) is 5.48. The first-order valence-corrected chi connectivity index (χ1v) is 4.26. The van der Waals surface area contributed by atoms with Crippen LogP contribution in [0.1, 0.15) is 5.56 Å². The SMILES string of the molecule is NC(N)=NN=Cc1c(F)cc(F)c(Cl)c1F. The molecule has 0 aliphatic heterocycles. The van der Waals surface area contributed by atoms with Crippen molar-refractivity contribution in [2.75, 3.05) is 0 Å². The quantitative estimate of drug-likeness (QED) is 0.273. The fourth-order valence-electron chi connectivity index (χ4n) is 0.852. The van der Waals surface area contributed by atoms with Crippen molar-refractivity contribution in [3.63, 3.8) is 0 Å². The third kappa shape index (κ3) is 2.63. The number of hydrogen-bond donors (Lipinski definition) is 2. The van der Waals surface area contributed by atoms with E-state index in [9.17, 15) is 13.2 Å². The van der Waals surface area contributed by atoms with E-state index in [1.54, 1.807) is 0 Å². The van der Waals surface area contributed by atoms with E-state index in [1.165, 1.54) is 0 Å². The maximum absolute atomic E-state index is 13.2. The smallest absolute Gasteiger partial charge is 0.211 e. The second-order valence-electron chi connectivity index (χ2n) is 2.65. The molecule has 0 unspecified atom stereocenters. The number of rotatable bonds is 2. The molecule has 8 heteroatoms. The number of guanidine groups is 1. The molecule has 0 spiro atoms. The van der Waals surface area contributed by atoms with Gasteiger partial charge in [0.05, 0.1) is 11.8 Å². The summed E-state index contributed by atoms with van der Waals surface area (Å²) in [6.45, 7) is 0. The number of nitrogens with zero attached hydrogens (tertiary/aromatic N) is 2. The van der Waals surface area contributed by atoms with Gasteiger partial charge in [0, 0.05) is 6.07 Å². The maximum atomic E-state index is 13.2. The molecule has 0 atom stereocenters. The van der Waals surface area contributed by atoms with Crippen LogP contribution >= 0.6 is 11.6 Å². The Morgan fingerprint density at radius 2 is 1.88 bits per heavy atom. The van der Waals surface area contributed by atoms with Gasteiger partial charge in [0.15, 0.2) is 5.82 Å². The van der Waals surface area contributed by atoms with Crippen molar-refractivity contribution < 1.29 is 13.2 Å². The molecule has 4 nitrogen and oxygen atoms in total. The predicted octanol–water partition coefficient (Wildman–Crippen LogP) is 1.36. The van der Waals surface area contributed by atoms with Crippen molar-refractivity contribution in [2.24, 2.45) is 21.7 Å². The Labute approximate surface area is 93.4 Å². The van der Waals surface area contributed by atoms with Crippen LogP contribution in [0, 0.1) is 17.5 Å². The Morgan fingerprint density at radius 1 is 1.25 bits per heavy atom. The first-order valence-electron chi connectivity index (χ1n) is 3.88. The molecule has 1 aromatic carbocycles.